The van der Waals surface area contributed by atoms with E-state index in [1.165, 1.54) is 0 Å². The van der Waals surface area contributed by atoms with Crippen LogP contribution in [0.4, 0.5) is 0 Å². The van der Waals surface area contributed by atoms with Crippen molar-refractivity contribution in [3.8, 4) is 0 Å². The van der Waals surface area contributed by atoms with Crippen molar-refractivity contribution in [3.63, 3.8) is 0 Å². The Bertz CT molecular complexity index is 347. The summed E-state index contributed by atoms with van der Waals surface area (Å²) in [5.41, 5.74) is 0. The molecule has 0 aromatic carbocycles. The maximum Gasteiger partial charge on any atom is 0.306 e. The van der Waals surface area contributed by atoms with Crippen LogP contribution in [-0.2, 0) is 28.5 Å². The van der Waals surface area contributed by atoms with E-state index in [0.717, 1.165) is 25.7 Å². The number of esters is 2. The summed E-state index contributed by atoms with van der Waals surface area (Å²) in [6.07, 6.45) is 2.94. The molecule has 0 aliphatic carbocycles. The molecule has 2 fully saturated rings. The van der Waals surface area contributed by atoms with Gasteiger partial charge in [0.2, 0.25) is 0 Å². The zero-order valence-corrected chi connectivity index (χ0v) is 13.4. The molecule has 22 heavy (non-hydrogen) atoms. The van der Waals surface area contributed by atoms with Gasteiger partial charge in [0.15, 0.2) is 12.2 Å². The van der Waals surface area contributed by atoms with Crippen molar-refractivity contribution >= 4 is 11.9 Å². The van der Waals surface area contributed by atoms with Crippen molar-refractivity contribution in [3.05, 3.63) is 0 Å². The van der Waals surface area contributed by atoms with Crippen molar-refractivity contribution in [2.75, 3.05) is 13.2 Å². The Morgan fingerprint density at radius 1 is 0.864 bits per heavy atom. The molecule has 0 N–H and O–H groups in total. The topological polar surface area (TPSA) is 71.1 Å². The van der Waals surface area contributed by atoms with Gasteiger partial charge in [-0.3, -0.25) is 9.59 Å². The molecule has 4 atom stereocenters. The van der Waals surface area contributed by atoms with E-state index >= 15 is 0 Å². The fourth-order valence-corrected chi connectivity index (χ4v) is 2.73. The molecule has 126 valence electrons. The second kappa shape index (κ2) is 8.48. The highest BCUT2D eigenvalue weighted by Gasteiger charge is 2.51. The molecule has 0 radical (unpaired) electrons. The SMILES string of the molecule is CCCCC(=O)O[C@@H]1CO[C@H]2[C@@H]1OC[C@H]2OC(=O)CCCC. The summed E-state index contributed by atoms with van der Waals surface area (Å²) in [5.74, 6) is -0.439. The lowest BCUT2D eigenvalue weighted by molar-refractivity contribution is -0.155. The molecule has 6 heteroatoms. The maximum absolute atomic E-state index is 11.7. The van der Waals surface area contributed by atoms with Gasteiger partial charge in [0.25, 0.3) is 0 Å². The minimum absolute atomic E-state index is 0.219. The van der Waals surface area contributed by atoms with Gasteiger partial charge in [0.05, 0.1) is 13.2 Å². The fourth-order valence-electron chi connectivity index (χ4n) is 2.73. The average Bonchev–Trinajstić information content (AvgIpc) is 3.07. The molecule has 0 aromatic rings. The number of hydrogen-bond donors (Lipinski definition) is 0. The molecular weight excluding hydrogens is 288 g/mol. The van der Waals surface area contributed by atoms with Gasteiger partial charge in [-0.05, 0) is 12.8 Å². The van der Waals surface area contributed by atoms with Gasteiger partial charge in [-0.15, -0.1) is 0 Å². The third-order valence-electron chi connectivity index (χ3n) is 4.00. The Kier molecular flexibility index (Phi) is 6.64. The van der Waals surface area contributed by atoms with Gasteiger partial charge < -0.3 is 18.9 Å². The molecule has 2 aliphatic rings. The number of ether oxygens (including phenoxy) is 4. The van der Waals surface area contributed by atoms with Crippen LogP contribution in [0.25, 0.3) is 0 Å². The molecule has 0 saturated carbocycles. The van der Waals surface area contributed by atoms with Gasteiger partial charge >= 0.3 is 11.9 Å². The Morgan fingerprint density at radius 2 is 1.27 bits per heavy atom. The van der Waals surface area contributed by atoms with Crippen LogP contribution in [0.3, 0.4) is 0 Å². The minimum Gasteiger partial charge on any atom is -0.457 e. The van der Waals surface area contributed by atoms with Crippen LogP contribution in [0.15, 0.2) is 0 Å². The minimum atomic E-state index is -0.395. The number of rotatable bonds is 8. The van der Waals surface area contributed by atoms with E-state index in [4.69, 9.17) is 18.9 Å². The molecule has 0 spiro atoms. The first-order valence-corrected chi connectivity index (χ1v) is 8.27. The van der Waals surface area contributed by atoms with Crippen LogP contribution in [0, 0.1) is 0 Å². The quantitative estimate of drug-likeness (QED) is 0.638. The summed E-state index contributed by atoms with van der Waals surface area (Å²) in [4.78, 5) is 23.4. The highest BCUT2D eigenvalue weighted by molar-refractivity contribution is 5.70. The van der Waals surface area contributed by atoms with Crippen molar-refractivity contribution in [1.29, 1.82) is 0 Å². The number of unbranched alkanes of at least 4 members (excludes halogenated alkanes) is 2. The van der Waals surface area contributed by atoms with Crippen LogP contribution < -0.4 is 0 Å². The van der Waals surface area contributed by atoms with E-state index in [9.17, 15) is 9.59 Å². The number of carbonyl (C=O) groups is 2. The standard InChI is InChI=1S/C16H26O6/c1-3-5-7-13(17)21-11-9-19-16-12(10-20-15(11)16)22-14(18)8-6-4-2/h11-12,15-16H,3-10H2,1-2H3/t11-,12-,15-,16-/m1/s1. The molecule has 2 heterocycles. The molecule has 0 bridgehead atoms. The summed E-state index contributed by atoms with van der Waals surface area (Å²) >= 11 is 0. The smallest absolute Gasteiger partial charge is 0.306 e. The fraction of sp³-hybridized carbons (Fsp3) is 0.875. The number of hydrogen-bond acceptors (Lipinski definition) is 6. The molecule has 2 rings (SSSR count). The first kappa shape index (κ1) is 17.2. The van der Waals surface area contributed by atoms with Gasteiger partial charge in [-0.2, -0.15) is 0 Å². The third kappa shape index (κ3) is 4.43. The Balaban J connectivity index is 1.78. The molecule has 2 aliphatic heterocycles. The molecule has 0 unspecified atom stereocenters. The lowest BCUT2D eigenvalue weighted by Gasteiger charge is -2.17. The van der Waals surface area contributed by atoms with Crippen LogP contribution >= 0.6 is 0 Å². The van der Waals surface area contributed by atoms with E-state index in [1.807, 2.05) is 13.8 Å². The summed E-state index contributed by atoms with van der Waals surface area (Å²) in [6, 6.07) is 0. The first-order valence-electron chi connectivity index (χ1n) is 8.27. The van der Waals surface area contributed by atoms with Gasteiger partial charge in [-0.1, -0.05) is 26.7 Å². The van der Waals surface area contributed by atoms with Crippen LogP contribution in [-0.4, -0.2) is 49.6 Å². The van der Waals surface area contributed by atoms with E-state index in [1.54, 1.807) is 0 Å². The lowest BCUT2D eigenvalue weighted by Crippen LogP contribution is -2.35. The van der Waals surface area contributed by atoms with E-state index in [0.29, 0.717) is 26.1 Å². The Morgan fingerprint density at radius 3 is 1.64 bits per heavy atom. The molecule has 0 aromatic heterocycles. The predicted octanol–water partition coefficient (Wildman–Crippen LogP) is 1.99. The Labute approximate surface area is 131 Å². The van der Waals surface area contributed by atoms with Crippen LogP contribution in [0.5, 0.6) is 0 Å². The zero-order valence-electron chi connectivity index (χ0n) is 13.4. The zero-order chi connectivity index (χ0) is 15.9. The highest BCUT2D eigenvalue weighted by Crippen LogP contribution is 2.31. The van der Waals surface area contributed by atoms with E-state index < -0.39 is 12.2 Å². The van der Waals surface area contributed by atoms with E-state index in [2.05, 4.69) is 0 Å². The summed E-state index contributed by atoms with van der Waals surface area (Å²) in [5, 5.41) is 0. The lowest BCUT2D eigenvalue weighted by atomic mass is 10.1. The molecule has 2 saturated heterocycles. The number of fused-ring (bicyclic) bond motifs is 1. The van der Waals surface area contributed by atoms with Crippen LogP contribution in [0.1, 0.15) is 52.4 Å². The second-order valence-electron chi connectivity index (χ2n) is 5.86. The van der Waals surface area contributed by atoms with Crippen molar-refractivity contribution in [2.45, 2.75) is 76.8 Å². The van der Waals surface area contributed by atoms with Gasteiger partial charge in [-0.25, -0.2) is 0 Å². The predicted molar refractivity (Wildman–Crippen MR) is 78.3 cm³/mol. The first-order chi connectivity index (χ1) is 10.7. The summed E-state index contributed by atoms with van der Waals surface area (Å²) in [6.45, 7) is 4.66. The summed E-state index contributed by atoms with van der Waals surface area (Å²) in [7, 11) is 0. The largest absolute Gasteiger partial charge is 0.457 e. The average molecular weight is 314 g/mol. The van der Waals surface area contributed by atoms with Gasteiger partial charge in [0, 0.05) is 12.8 Å². The monoisotopic (exact) mass is 314 g/mol. The van der Waals surface area contributed by atoms with Gasteiger partial charge in [0.1, 0.15) is 12.2 Å². The summed E-state index contributed by atoms with van der Waals surface area (Å²) < 4.78 is 22.1. The molecule has 6 nitrogen and oxygen atoms in total. The van der Waals surface area contributed by atoms with E-state index in [-0.39, 0.29) is 24.1 Å². The van der Waals surface area contributed by atoms with Crippen molar-refractivity contribution in [1.82, 2.24) is 0 Å². The second-order valence-corrected chi connectivity index (χ2v) is 5.86. The number of carbonyl (C=O) groups excluding carboxylic acids is 2. The van der Waals surface area contributed by atoms with Crippen LogP contribution in [0.2, 0.25) is 0 Å². The normalized spacial score (nSPS) is 30.1. The van der Waals surface area contributed by atoms with Crippen molar-refractivity contribution in [2.24, 2.45) is 0 Å². The third-order valence-corrected chi connectivity index (χ3v) is 4.00. The molecule has 0 amide bonds. The maximum atomic E-state index is 11.7. The van der Waals surface area contributed by atoms with Crippen molar-refractivity contribution < 1.29 is 28.5 Å². The molecular formula is C16H26O6. The Hall–Kier alpha value is -1.14. The highest BCUT2D eigenvalue weighted by atomic mass is 16.7.